The summed E-state index contributed by atoms with van der Waals surface area (Å²) in [5.74, 6) is 1.51. The van der Waals surface area contributed by atoms with Gasteiger partial charge in [0, 0.05) is 18.7 Å². The van der Waals surface area contributed by atoms with Gasteiger partial charge in [0.05, 0.1) is 30.1 Å². The molecule has 1 saturated heterocycles. The van der Waals surface area contributed by atoms with Gasteiger partial charge in [0.25, 0.3) is 0 Å². The molecule has 0 radical (unpaired) electrons. The summed E-state index contributed by atoms with van der Waals surface area (Å²) in [4.78, 5) is 2.28. The van der Waals surface area contributed by atoms with Crippen LogP contribution in [0.15, 0.2) is 12.1 Å². The first-order valence-electron chi connectivity index (χ1n) is 6.62. The number of ether oxygens (including phenoxy) is 3. The van der Waals surface area contributed by atoms with Gasteiger partial charge in [0.1, 0.15) is 13.2 Å². The highest BCUT2D eigenvalue weighted by Crippen LogP contribution is 2.41. The first-order valence-corrected chi connectivity index (χ1v) is 6.62. The number of nitrogens with zero attached hydrogens (tertiary/aromatic N) is 1. The highest BCUT2D eigenvalue weighted by Gasteiger charge is 2.32. The van der Waals surface area contributed by atoms with Gasteiger partial charge in [-0.3, -0.25) is 0 Å². The van der Waals surface area contributed by atoms with Gasteiger partial charge in [-0.15, -0.1) is 0 Å². The number of rotatable bonds is 1. The molecule has 2 heterocycles. The topological polar surface area (TPSA) is 57.0 Å². The molecule has 0 aliphatic carbocycles. The maximum atomic E-state index is 6.18. The Morgan fingerprint density at radius 3 is 2.47 bits per heavy atom. The Labute approximate surface area is 113 Å². The summed E-state index contributed by atoms with van der Waals surface area (Å²) < 4.78 is 16.7. The standard InChI is InChI=1S/C14H20N2O3/c1-14(2)9-17-4-3-16(14)11-8-13-12(7-10(11)15)18-5-6-19-13/h7-8H,3-6,9,15H2,1-2H3. The van der Waals surface area contributed by atoms with Crippen LogP contribution in [0.25, 0.3) is 0 Å². The number of nitrogen functional groups attached to an aromatic ring is 1. The minimum absolute atomic E-state index is 0.0733. The molecule has 1 fully saturated rings. The van der Waals surface area contributed by atoms with E-state index in [0.717, 1.165) is 36.0 Å². The van der Waals surface area contributed by atoms with Crippen LogP contribution < -0.4 is 20.1 Å². The van der Waals surface area contributed by atoms with E-state index in [-0.39, 0.29) is 5.54 Å². The monoisotopic (exact) mass is 264 g/mol. The summed E-state index contributed by atoms with van der Waals surface area (Å²) in [6, 6.07) is 3.84. The first-order chi connectivity index (χ1) is 9.08. The predicted octanol–water partition coefficient (Wildman–Crippen LogP) is 1.66. The number of nitrogens with two attached hydrogens (primary N) is 1. The summed E-state index contributed by atoms with van der Waals surface area (Å²) in [7, 11) is 0. The Kier molecular flexibility index (Phi) is 2.93. The Bertz CT molecular complexity index is 488. The zero-order valence-corrected chi connectivity index (χ0v) is 11.4. The second-order valence-electron chi connectivity index (χ2n) is 5.57. The second kappa shape index (κ2) is 4.49. The molecular formula is C14H20N2O3. The summed E-state index contributed by atoms with van der Waals surface area (Å²) in [6.07, 6.45) is 0. The van der Waals surface area contributed by atoms with Crippen LogP contribution in [-0.4, -0.2) is 38.5 Å². The van der Waals surface area contributed by atoms with Gasteiger partial charge in [-0.25, -0.2) is 0 Å². The van der Waals surface area contributed by atoms with Gasteiger partial charge >= 0.3 is 0 Å². The lowest BCUT2D eigenvalue weighted by molar-refractivity contribution is 0.0644. The van der Waals surface area contributed by atoms with E-state index in [2.05, 4.69) is 18.7 Å². The number of benzene rings is 1. The van der Waals surface area contributed by atoms with Crippen LogP contribution >= 0.6 is 0 Å². The molecule has 104 valence electrons. The zero-order chi connectivity index (χ0) is 13.5. The van der Waals surface area contributed by atoms with Gasteiger partial charge in [-0.2, -0.15) is 0 Å². The highest BCUT2D eigenvalue weighted by atomic mass is 16.6. The van der Waals surface area contributed by atoms with Crippen molar-refractivity contribution in [2.75, 3.05) is 43.6 Å². The Morgan fingerprint density at radius 2 is 1.79 bits per heavy atom. The van der Waals surface area contributed by atoms with Crippen LogP contribution in [0, 0.1) is 0 Å². The fourth-order valence-electron chi connectivity index (χ4n) is 2.63. The minimum Gasteiger partial charge on any atom is -0.486 e. The van der Waals surface area contributed by atoms with Gasteiger partial charge in [-0.1, -0.05) is 0 Å². The van der Waals surface area contributed by atoms with Crippen LogP contribution in [0.3, 0.4) is 0 Å². The molecule has 0 atom stereocenters. The molecule has 19 heavy (non-hydrogen) atoms. The maximum absolute atomic E-state index is 6.18. The third kappa shape index (κ3) is 2.18. The van der Waals surface area contributed by atoms with Crippen molar-refractivity contribution in [2.45, 2.75) is 19.4 Å². The van der Waals surface area contributed by atoms with Gasteiger partial charge in [-0.05, 0) is 13.8 Å². The van der Waals surface area contributed by atoms with E-state index in [0.29, 0.717) is 19.8 Å². The molecule has 1 aromatic rings. The average Bonchev–Trinajstić information content (AvgIpc) is 2.38. The quantitative estimate of drug-likeness (QED) is 0.782. The van der Waals surface area contributed by atoms with Crippen molar-refractivity contribution >= 4 is 11.4 Å². The molecule has 0 saturated carbocycles. The second-order valence-corrected chi connectivity index (χ2v) is 5.57. The smallest absolute Gasteiger partial charge is 0.163 e. The molecule has 0 spiro atoms. The van der Waals surface area contributed by atoms with Gasteiger partial charge in [0.2, 0.25) is 0 Å². The number of morpholine rings is 1. The molecule has 5 nitrogen and oxygen atoms in total. The fraction of sp³-hybridized carbons (Fsp3) is 0.571. The van der Waals surface area contributed by atoms with E-state index in [1.807, 2.05) is 12.1 Å². The Hall–Kier alpha value is -1.62. The van der Waals surface area contributed by atoms with Crippen molar-refractivity contribution in [3.63, 3.8) is 0 Å². The zero-order valence-electron chi connectivity index (χ0n) is 11.4. The van der Waals surface area contributed by atoms with E-state index >= 15 is 0 Å². The molecule has 0 amide bonds. The van der Waals surface area contributed by atoms with Crippen molar-refractivity contribution < 1.29 is 14.2 Å². The van der Waals surface area contributed by atoms with E-state index in [9.17, 15) is 0 Å². The lowest BCUT2D eigenvalue weighted by atomic mass is 10.0. The number of hydrogen-bond acceptors (Lipinski definition) is 5. The van der Waals surface area contributed by atoms with Crippen molar-refractivity contribution in [1.82, 2.24) is 0 Å². The SMILES string of the molecule is CC1(C)COCCN1c1cc2c(cc1N)OCCO2. The molecule has 2 aliphatic rings. The Morgan fingerprint density at radius 1 is 1.11 bits per heavy atom. The van der Waals surface area contributed by atoms with E-state index in [1.54, 1.807) is 0 Å². The fourth-order valence-corrected chi connectivity index (χ4v) is 2.63. The molecule has 5 heteroatoms. The predicted molar refractivity (Wildman–Crippen MR) is 74.1 cm³/mol. The first kappa shape index (κ1) is 12.4. The van der Waals surface area contributed by atoms with Gasteiger partial charge < -0.3 is 24.8 Å². The number of fused-ring (bicyclic) bond motifs is 1. The van der Waals surface area contributed by atoms with Crippen molar-refractivity contribution in [3.05, 3.63) is 12.1 Å². The van der Waals surface area contributed by atoms with E-state index in [1.165, 1.54) is 0 Å². The van der Waals surface area contributed by atoms with E-state index in [4.69, 9.17) is 19.9 Å². The lowest BCUT2D eigenvalue weighted by Crippen LogP contribution is -2.53. The molecule has 3 rings (SSSR count). The third-order valence-electron chi connectivity index (χ3n) is 3.63. The van der Waals surface area contributed by atoms with Crippen molar-refractivity contribution in [1.29, 1.82) is 0 Å². The van der Waals surface area contributed by atoms with Crippen molar-refractivity contribution in [2.24, 2.45) is 0 Å². The number of hydrogen-bond donors (Lipinski definition) is 1. The molecule has 2 N–H and O–H groups in total. The average molecular weight is 264 g/mol. The molecule has 0 aromatic heterocycles. The largest absolute Gasteiger partial charge is 0.486 e. The van der Waals surface area contributed by atoms with Crippen LogP contribution in [0.1, 0.15) is 13.8 Å². The van der Waals surface area contributed by atoms with Crippen molar-refractivity contribution in [3.8, 4) is 11.5 Å². The third-order valence-corrected chi connectivity index (χ3v) is 3.63. The maximum Gasteiger partial charge on any atom is 0.163 e. The summed E-state index contributed by atoms with van der Waals surface area (Å²) in [5.41, 5.74) is 7.82. The van der Waals surface area contributed by atoms with E-state index < -0.39 is 0 Å². The van der Waals surface area contributed by atoms with Crippen LogP contribution in [0.2, 0.25) is 0 Å². The number of anilines is 2. The molecule has 2 aliphatic heterocycles. The van der Waals surface area contributed by atoms with Crippen LogP contribution in [0.5, 0.6) is 11.5 Å². The summed E-state index contributed by atoms with van der Waals surface area (Å²) in [5, 5.41) is 0. The minimum atomic E-state index is -0.0733. The van der Waals surface area contributed by atoms with Gasteiger partial charge in [0.15, 0.2) is 11.5 Å². The summed E-state index contributed by atoms with van der Waals surface area (Å²) in [6.45, 7) is 7.72. The normalized spacial score (nSPS) is 21.3. The summed E-state index contributed by atoms with van der Waals surface area (Å²) >= 11 is 0. The molecule has 0 bridgehead atoms. The molecule has 0 unspecified atom stereocenters. The molecule has 1 aromatic carbocycles. The lowest BCUT2D eigenvalue weighted by Gasteiger charge is -2.44. The van der Waals surface area contributed by atoms with Crippen LogP contribution in [0.4, 0.5) is 11.4 Å². The Balaban J connectivity index is 2.00. The highest BCUT2D eigenvalue weighted by molar-refractivity contribution is 5.74. The molecular weight excluding hydrogens is 244 g/mol. The van der Waals surface area contributed by atoms with Crippen LogP contribution in [-0.2, 0) is 4.74 Å².